The second-order valence-corrected chi connectivity index (χ2v) is 13.7. The van der Waals surface area contributed by atoms with E-state index in [1.54, 1.807) is 60.7 Å². The number of halogens is 2. The van der Waals surface area contributed by atoms with Gasteiger partial charge >= 0.3 is 0 Å². The minimum atomic E-state index is -4.15. The van der Waals surface area contributed by atoms with Crippen molar-refractivity contribution in [1.29, 1.82) is 0 Å². The van der Waals surface area contributed by atoms with Crippen LogP contribution in [0.2, 0.25) is 5.02 Å². The van der Waals surface area contributed by atoms with Crippen LogP contribution in [0.25, 0.3) is 0 Å². The minimum absolute atomic E-state index is 0.0460. The summed E-state index contributed by atoms with van der Waals surface area (Å²) in [6.45, 7) is 3.39. The number of hydrogen-bond donors (Lipinski definition) is 1. The van der Waals surface area contributed by atoms with Gasteiger partial charge in [-0.1, -0.05) is 95.1 Å². The van der Waals surface area contributed by atoms with Gasteiger partial charge < -0.3 is 10.2 Å². The van der Waals surface area contributed by atoms with Crippen molar-refractivity contribution >= 4 is 55.1 Å². The van der Waals surface area contributed by atoms with Gasteiger partial charge in [-0.2, -0.15) is 0 Å². The van der Waals surface area contributed by atoms with E-state index in [9.17, 15) is 18.0 Å². The molecular weight excluding hydrogens is 662 g/mol. The number of anilines is 1. The van der Waals surface area contributed by atoms with Crippen molar-refractivity contribution in [3.8, 4) is 0 Å². The van der Waals surface area contributed by atoms with E-state index in [2.05, 4.69) is 21.2 Å². The SMILES string of the molecule is CC[C@H](C)NC(=O)[C@@H](Cc1ccccc1)N(Cc1cccc(Cl)c1)C(=O)CN(c1ccc(Br)cc1)S(=O)(=O)c1ccccc1. The van der Waals surface area contributed by atoms with Crippen LogP contribution < -0.4 is 9.62 Å². The highest BCUT2D eigenvalue weighted by atomic mass is 79.9. The lowest BCUT2D eigenvalue weighted by Gasteiger charge is -2.34. The number of nitrogens with zero attached hydrogens (tertiary/aromatic N) is 2. The van der Waals surface area contributed by atoms with Crippen molar-refractivity contribution in [2.75, 3.05) is 10.8 Å². The second kappa shape index (κ2) is 15.4. The molecule has 10 heteroatoms. The van der Waals surface area contributed by atoms with E-state index in [0.29, 0.717) is 22.7 Å². The number of nitrogens with one attached hydrogen (secondary N) is 1. The quantitative estimate of drug-likeness (QED) is 0.166. The molecule has 0 aliphatic carbocycles. The molecule has 0 bridgehead atoms. The first-order chi connectivity index (χ1) is 21.1. The Labute approximate surface area is 273 Å². The Kier molecular flexibility index (Phi) is 11.6. The van der Waals surface area contributed by atoms with Gasteiger partial charge in [-0.3, -0.25) is 13.9 Å². The third-order valence-corrected chi connectivity index (χ3v) is 9.79. The highest BCUT2D eigenvalue weighted by molar-refractivity contribution is 9.10. The van der Waals surface area contributed by atoms with Crippen molar-refractivity contribution < 1.29 is 18.0 Å². The normalized spacial score (nSPS) is 12.6. The van der Waals surface area contributed by atoms with Crippen LogP contribution in [-0.2, 0) is 32.6 Å². The van der Waals surface area contributed by atoms with Crippen LogP contribution in [0.3, 0.4) is 0 Å². The molecule has 0 fully saturated rings. The summed E-state index contributed by atoms with van der Waals surface area (Å²) in [5.74, 6) is -0.854. The summed E-state index contributed by atoms with van der Waals surface area (Å²) in [7, 11) is -4.15. The van der Waals surface area contributed by atoms with Crippen molar-refractivity contribution in [2.24, 2.45) is 0 Å². The van der Waals surface area contributed by atoms with Gasteiger partial charge in [-0.25, -0.2) is 8.42 Å². The van der Waals surface area contributed by atoms with Crippen molar-refractivity contribution in [3.05, 3.63) is 130 Å². The van der Waals surface area contributed by atoms with Gasteiger partial charge in [0.2, 0.25) is 11.8 Å². The van der Waals surface area contributed by atoms with Crippen LogP contribution in [-0.4, -0.2) is 43.8 Å². The van der Waals surface area contributed by atoms with E-state index in [1.165, 1.54) is 17.0 Å². The zero-order valence-electron chi connectivity index (χ0n) is 24.6. The van der Waals surface area contributed by atoms with E-state index in [4.69, 9.17) is 11.6 Å². The van der Waals surface area contributed by atoms with Crippen LogP contribution >= 0.6 is 27.5 Å². The molecule has 2 atom stereocenters. The van der Waals surface area contributed by atoms with E-state index in [-0.39, 0.29) is 29.8 Å². The molecule has 230 valence electrons. The molecule has 0 radical (unpaired) electrons. The van der Waals surface area contributed by atoms with Gasteiger partial charge in [-0.15, -0.1) is 0 Å². The summed E-state index contributed by atoms with van der Waals surface area (Å²) in [4.78, 5) is 29.8. The van der Waals surface area contributed by atoms with Gasteiger partial charge in [0.1, 0.15) is 12.6 Å². The van der Waals surface area contributed by atoms with Crippen molar-refractivity contribution in [2.45, 2.75) is 50.2 Å². The molecule has 0 aromatic heterocycles. The van der Waals surface area contributed by atoms with Gasteiger partial charge in [0.05, 0.1) is 10.6 Å². The Morgan fingerprint density at radius 1 is 0.864 bits per heavy atom. The fourth-order valence-corrected chi connectivity index (χ4v) is 6.60. The third kappa shape index (κ3) is 8.71. The molecule has 7 nitrogen and oxygen atoms in total. The van der Waals surface area contributed by atoms with E-state index >= 15 is 0 Å². The smallest absolute Gasteiger partial charge is 0.264 e. The van der Waals surface area contributed by atoms with Gasteiger partial charge in [0.15, 0.2) is 0 Å². The topological polar surface area (TPSA) is 86.8 Å². The number of carbonyl (C=O) groups is 2. The summed E-state index contributed by atoms with van der Waals surface area (Å²) in [6.07, 6.45) is 0.942. The minimum Gasteiger partial charge on any atom is -0.352 e. The Hall–Kier alpha value is -3.66. The lowest BCUT2D eigenvalue weighted by Crippen LogP contribution is -2.54. The number of carbonyl (C=O) groups excluding carboxylic acids is 2. The molecule has 1 N–H and O–H groups in total. The third-order valence-electron chi connectivity index (χ3n) is 7.24. The maximum Gasteiger partial charge on any atom is 0.264 e. The molecule has 2 amide bonds. The molecule has 4 rings (SSSR count). The summed E-state index contributed by atoms with van der Waals surface area (Å²) >= 11 is 9.70. The molecule has 0 aliphatic heterocycles. The highest BCUT2D eigenvalue weighted by Gasteiger charge is 2.35. The second-order valence-electron chi connectivity index (χ2n) is 10.5. The molecule has 44 heavy (non-hydrogen) atoms. The zero-order chi connectivity index (χ0) is 31.7. The first-order valence-electron chi connectivity index (χ1n) is 14.3. The van der Waals surface area contributed by atoms with Crippen molar-refractivity contribution in [3.63, 3.8) is 0 Å². The van der Waals surface area contributed by atoms with Gasteiger partial charge in [0.25, 0.3) is 10.0 Å². The number of sulfonamides is 1. The highest BCUT2D eigenvalue weighted by Crippen LogP contribution is 2.26. The van der Waals surface area contributed by atoms with Crippen molar-refractivity contribution in [1.82, 2.24) is 10.2 Å². The van der Waals surface area contributed by atoms with E-state index < -0.39 is 28.5 Å². The summed E-state index contributed by atoms with van der Waals surface area (Å²) in [5.41, 5.74) is 1.89. The zero-order valence-corrected chi connectivity index (χ0v) is 27.7. The molecule has 0 saturated carbocycles. The van der Waals surface area contributed by atoms with Gasteiger partial charge in [0, 0.05) is 28.5 Å². The Balaban J connectivity index is 1.80. The summed E-state index contributed by atoms with van der Waals surface area (Å²) in [5, 5.41) is 3.52. The predicted molar refractivity (Wildman–Crippen MR) is 179 cm³/mol. The van der Waals surface area contributed by atoms with Crippen LogP contribution in [0.15, 0.2) is 119 Å². The largest absolute Gasteiger partial charge is 0.352 e. The molecule has 4 aromatic carbocycles. The molecule has 4 aromatic rings. The Morgan fingerprint density at radius 3 is 2.09 bits per heavy atom. The first-order valence-corrected chi connectivity index (χ1v) is 16.9. The first kappa shape index (κ1) is 33.2. The van der Waals surface area contributed by atoms with Crippen LogP contribution in [0, 0.1) is 0 Å². The molecule has 0 heterocycles. The van der Waals surface area contributed by atoms with E-state index in [1.807, 2.05) is 50.2 Å². The Bertz CT molecular complexity index is 1660. The number of rotatable bonds is 13. The molecular formula is C34H35BrClN3O4S. The Morgan fingerprint density at radius 2 is 1.48 bits per heavy atom. The lowest BCUT2D eigenvalue weighted by atomic mass is 10.0. The van der Waals surface area contributed by atoms with Crippen LogP contribution in [0.5, 0.6) is 0 Å². The fourth-order valence-electron chi connectivity index (χ4n) is 4.68. The average molecular weight is 697 g/mol. The van der Waals surface area contributed by atoms with E-state index in [0.717, 1.165) is 14.3 Å². The number of hydrogen-bond acceptors (Lipinski definition) is 4. The predicted octanol–water partition coefficient (Wildman–Crippen LogP) is 6.85. The molecule has 0 saturated heterocycles. The lowest BCUT2D eigenvalue weighted by molar-refractivity contribution is -0.140. The average Bonchev–Trinajstić information content (AvgIpc) is 3.02. The maximum absolute atomic E-state index is 14.5. The standard InChI is InChI=1S/C34H35BrClN3O4S/c1-3-25(2)37-34(41)32(22-26-11-6-4-7-12-26)38(23-27-13-10-14-29(36)21-27)33(40)24-39(30-19-17-28(35)18-20-30)44(42,43)31-15-8-5-9-16-31/h4-21,25,32H,3,22-24H2,1-2H3,(H,37,41)/t25-,32+/m0/s1. The molecule has 0 spiro atoms. The summed E-state index contributed by atoms with van der Waals surface area (Å²) in [6, 6.07) is 30.2. The van der Waals surface area contributed by atoms with Crippen LogP contribution in [0.4, 0.5) is 5.69 Å². The number of amides is 2. The maximum atomic E-state index is 14.5. The summed E-state index contributed by atoms with van der Waals surface area (Å²) < 4.78 is 29.9. The molecule has 0 unspecified atom stereocenters. The molecule has 0 aliphatic rings. The number of benzene rings is 4. The monoisotopic (exact) mass is 695 g/mol. The van der Waals surface area contributed by atoms with Crippen LogP contribution in [0.1, 0.15) is 31.4 Å². The fraction of sp³-hybridized carbons (Fsp3) is 0.235. The van der Waals surface area contributed by atoms with Gasteiger partial charge in [-0.05, 0) is 73.0 Å².